The number of hydrogen-bond donors (Lipinski definition) is 1. The summed E-state index contributed by atoms with van der Waals surface area (Å²) in [7, 11) is 0. The van der Waals surface area contributed by atoms with Crippen molar-refractivity contribution in [3.63, 3.8) is 0 Å². The molecule has 2 bridgehead atoms. The summed E-state index contributed by atoms with van der Waals surface area (Å²) in [6.07, 6.45) is 6.82. The van der Waals surface area contributed by atoms with Crippen molar-refractivity contribution in [3.05, 3.63) is 53.7 Å². The Balaban J connectivity index is 1.47. The van der Waals surface area contributed by atoms with Gasteiger partial charge in [0.25, 0.3) is 5.91 Å². The highest BCUT2D eigenvalue weighted by atomic mass is 19.1. The first-order chi connectivity index (χ1) is 17.1. The number of fused-ring (bicyclic) bond motifs is 2. The average molecular weight is 479 g/mol. The van der Waals surface area contributed by atoms with Crippen molar-refractivity contribution in [2.45, 2.75) is 45.4 Å². The Bertz CT molecular complexity index is 1220. The van der Waals surface area contributed by atoms with Crippen LogP contribution in [-0.2, 0) is 11.4 Å². The topological polar surface area (TPSA) is 102 Å². The number of alkyl halides is 1. The molecule has 5 rings (SSSR count). The van der Waals surface area contributed by atoms with Gasteiger partial charge in [-0.25, -0.2) is 9.37 Å². The van der Waals surface area contributed by atoms with Gasteiger partial charge in [-0.1, -0.05) is 0 Å². The van der Waals surface area contributed by atoms with Gasteiger partial charge in [-0.15, -0.1) is 0 Å². The summed E-state index contributed by atoms with van der Waals surface area (Å²) in [5, 5.41) is 10.2. The minimum atomic E-state index is -0.789. The van der Waals surface area contributed by atoms with Gasteiger partial charge in [0.1, 0.15) is 12.4 Å². The third-order valence-electron chi connectivity index (χ3n) is 6.39. The Morgan fingerprint density at radius 3 is 2.71 bits per heavy atom. The molecule has 3 aromatic rings. The van der Waals surface area contributed by atoms with Crippen LogP contribution < -0.4 is 15.0 Å². The molecule has 1 amide bonds. The van der Waals surface area contributed by atoms with E-state index >= 15 is 0 Å². The van der Waals surface area contributed by atoms with E-state index in [2.05, 4.69) is 36.4 Å². The normalized spacial score (nSPS) is 19.0. The van der Waals surface area contributed by atoms with Gasteiger partial charge < -0.3 is 19.7 Å². The van der Waals surface area contributed by atoms with Crippen LogP contribution in [0.5, 0.6) is 5.88 Å². The van der Waals surface area contributed by atoms with Gasteiger partial charge in [0.05, 0.1) is 61.2 Å². The molecule has 0 radical (unpaired) electrons. The van der Waals surface area contributed by atoms with Crippen LogP contribution in [0.15, 0.2) is 36.8 Å². The van der Waals surface area contributed by atoms with Crippen molar-refractivity contribution >= 4 is 17.3 Å². The van der Waals surface area contributed by atoms with E-state index in [1.807, 2.05) is 19.9 Å². The summed E-state index contributed by atoms with van der Waals surface area (Å²) < 4.78 is 24.5. The predicted molar refractivity (Wildman–Crippen MR) is 128 cm³/mol. The Labute approximate surface area is 202 Å². The average Bonchev–Trinajstić information content (AvgIpc) is 3.13. The van der Waals surface area contributed by atoms with E-state index < -0.39 is 12.6 Å². The largest absolute Gasteiger partial charge is 0.476 e. The Morgan fingerprint density at radius 2 is 1.97 bits per heavy atom. The third-order valence-corrected chi connectivity index (χ3v) is 6.39. The molecule has 2 aliphatic heterocycles. The van der Waals surface area contributed by atoms with E-state index in [4.69, 9.17) is 9.47 Å². The van der Waals surface area contributed by atoms with Crippen molar-refractivity contribution < 1.29 is 18.7 Å². The van der Waals surface area contributed by atoms with Crippen LogP contribution >= 0.6 is 0 Å². The standard InChI is InChI=1S/C25H27FN6O3/c1-3-35-25-23(32-20-4-5-21(32)14-34-13-20)7-16(10-28-25)22-8-19(12-27-15(22)2)30-24(33)17-6-18(9-26)31-29-11-17/h6-8,10-12,20-21H,3-5,9,13-14H2,1-2H3,(H,30,33). The molecule has 2 atom stereocenters. The number of pyridine rings is 2. The van der Waals surface area contributed by atoms with E-state index in [1.54, 1.807) is 12.4 Å². The second kappa shape index (κ2) is 9.91. The van der Waals surface area contributed by atoms with Crippen LogP contribution in [0.25, 0.3) is 11.1 Å². The van der Waals surface area contributed by atoms with E-state index in [0.29, 0.717) is 43.5 Å². The third kappa shape index (κ3) is 4.66. The molecule has 2 saturated heterocycles. The lowest BCUT2D eigenvalue weighted by Gasteiger charge is -2.37. The number of hydrogen-bond acceptors (Lipinski definition) is 8. The predicted octanol–water partition coefficient (Wildman–Crippen LogP) is 3.73. The molecule has 2 fully saturated rings. The zero-order valence-corrected chi connectivity index (χ0v) is 19.7. The lowest BCUT2D eigenvalue weighted by molar-refractivity contribution is 0.0902. The zero-order chi connectivity index (χ0) is 24.4. The number of nitrogens with zero attached hydrogens (tertiary/aromatic N) is 5. The van der Waals surface area contributed by atoms with E-state index in [-0.39, 0.29) is 11.3 Å². The molecule has 1 N–H and O–H groups in total. The molecule has 35 heavy (non-hydrogen) atoms. The fourth-order valence-corrected chi connectivity index (χ4v) is 4.74. The summed E-state index contributed by atoms with van der Waals surface area (Å²) in [6, 6.07) is 5.94. The van der Waals surface area contributed by atoms with E-state index in [1.165, 1.54) is 12.3 Å². The van der Waals surface area contributed by atoms with Crippen molar-refractivity contribution in [2.24, 2.45) is 0 Å². The molecule has 0 aromatic carbocycles. The highest BCUT2D eigenvalue weighted by Gasteiger charge is 2.39. The van der Waals surface area contributed by atoms with Gasteiger partial charge in [0.2, 0.25) is 5.88 Å². The van der Waals surface area contributed by atoms with Gasteiger partial charge in [0, 0.05) is 23.0 Å². The van der Waals surface area contributed by atoms with Crippen LogP contribution in [0.1, 0.15) is 41.5 Å². The Hall–Kier alpha value is -3.66. The second-order valence-corrected chi connectivity index (χ2v) is 8.69. The molecule has 5 heterocycles. The molecule has 0 saturated carbocycles. The first-order valence-electron chi connectivity index (χ1n) is 11.7. The fraction of sp³-hybridized carbons (Fsp3) is 0.400. The molecule has 3 aromatic heterocycles. The van der Waals surface area contributed by atoms with Gasteiger partial charge >= 0.3 is 0 Å². The fourth-order valence-electron chi connectivity index (χ4n) is 4.74. The summed E-state index contributed by atoms with van der Waals surface area (Å²) in [5.41, 5.74) is 4.31. The van der Waals surface area contributed by atoms with E-state index in [9.17, 15) is 9.18 Å². The first-order valence-corrected chi connectivity index (χ1v) is 11.7. The van der Waals surface area contributed by atoms with Crippen LogP contribution in [0, 0.1) is 6.92 Å². The van der Waals surface area contributed by atoms with Gasteiger partial charge in [0.15, 0.2) is 0 Å². The summed E-state index contributed by atoms with van der Waals surface area (Å²) in [4.78, 5) is 24.2. The number of amides is 1. The highest BCUT2D eigenvalue weighted by molar-refractivity contribution is 6.04. The van der Waals surface area contributed by atoms with Crippen LogP contribution in [0.4, 0.5) is 15.8 Å². The van der Waals surface area contributed by atoms with Gasteiger partial charge in [-0.05, 0) is 44.9 Å². The van der Waals surface area contributed by atoms with Crippen LogP contribution in [0.3, 0.4) is 0 Å². The molecule has 0 spiro atoms. The first kappa shape index (κ1) is 23.1. The maximum absolute atomic E-state index is 12.9. The van der Waals surface area contributed by atoms with Crippen molar-refractivity contribution in [3.8, 4) is 17.0 Å². The van der Waals surface area contributed by atoms with Crippen molar-refractivity contribution in [1.29, 1.82) is 0 Å². The van der Waals surface area contributed by atoms with Crippen LogP contribution in [0.2, 0.25) is 0 Å². The molecule has 10 heteroatoms. The monoisotopic (exact) mass is 478 g/mol. The van der Waals surface area contributed by atoms with Crippen molar-refractivity contribution in [1.82, 2.24) is 20.2 Å². The van der Waals surface area contributed by atoms with Crippen LogP contribution in [-0.4, -0.2) is 58.0 Å². The molecule has 2 aliphatic rings. The molecule has 0 aliphatic carbocycles. The highest BCUT2D eigenvalue weighted by Crippen LogP contribution is 2.40. The Kier molecular flexibility index (Phi) is 6.54. The molecule has 9 nitrogen and oxygen atoms in total. The zero-order valence-electron chi connectivity index (χ0n) is 19.7. The molecular formula is C25H27FN6O3. The summed E-state index contributed by atoms with van der Waals surface area (Å²) in [5.74, 6) is 0.195. The number of halogens is 1. The number of aromatic nitrogens is 4. The number of carbonyl (C=O) groups excluding carboxylic acids is 1. The second-order valence-electron chi connectivity index (χ2n) is 8.69. The number of aryl methyl sites for hydroxylation is 1. The maximum atomic E-state index is 12.9. The van der Waals surface area contributed by atoms with Gasteiger partial charge in [-0.3, -0.25) is 9.78 Å². The lowest BCUT2D eigenvalue weighted by atomic mass is 10.0. The molecule has 2 unspecified atom stereocenters. The number of nitrogens with one attached hydrogen (secondary N) is 1. The summed E-state index contributed by atoms with van der Waals surface area (Å²) in [6.45, 7) is 4.99. The minimum Gasteiger partial charge on any atom is -0.476 e. The number of anilines is 2. The van der Waals surface area contributed by atoms with E-state index in [0.717, 1.165) is 35.3 Å². The number of morpholine rings is 1. The number of rotatable bonds is 7. The number of carbonyl (C=O) groups is 1. The minimum absolute atomic E-state index is 0.102. The summed E-state index contributed by atoms with van der Waals surface area (Å²) >= 11 is 0. The molecular weight excluding hydrogens is 451 g/mol. The maximum Gasteiger partial charge on any atom is 0.257 e. The molecule has 182 valence electrons. The quantitative estimate of drug-likeness (QED) is 0.548. The number of ether oxygens (including phenoxy) is 2. The SMILES string of the molecule is CCOc1ncc(-c2cc(NC(=O)c3cnnc(CF)c3)cnc2C)cc1N1C2CCC1COC2. The Morgan fingerprint density at radius 1 is 1.17 bits per heavy atom. The van der Waals surface area contributed by atoms with Gasteiger partial charge in [-0.2, -0.15) is 10.2 Å². The smallest absolute Gasteiger partial charge is 0.257 e. The van der Waals surface area contributed by atoms with Crippen molar-refractivity contribution in [2.75, 3.05) is 30.0 Å². The lowest BCUT2D eigenvalue weighted by Crippen LogP contribution is -2.46.